The van der Waals surface area contributed by atoms with Crippen molar-refractivity contribution in [3.8, 4) is 0 Å². The Kier molecular flexibility index (Phi) is 9.35. The molecule has 0 saturated heterocycles. The maximum Gasteiger partial charge on any atom is 0.316 e. The second-order valence-electron chi connectivity index (χ2n) is 11.0. The molecule has 4 rings (SSSR count). The van der Waals surface area contributed by atoms with Gasteiger partial charge in [0.2, 0.25) is 5.91 Å². The Bertz CT molecular complexity index is 1340. The maximum atomic E-state index is 13.5. The average molecular weight is 535 g/mol. The fourth-order valence-electron chi connectivity index (χ4n) is 4.52. The molecule has 0 bridgehead atoms. The zero-order chi connectivity index (χ0) is 28.5. The number of carbonyl (C=O) groups is 2. The van der Waals surface area contributed by atoms with E-state index in [-0.39, 0.29) is 17.4 Å². The molecular weight excluding hydrogens is 496 g/mol. The summed E-state index contributed by atoms with van der Waals surface area (Å²) in [5, 5.41) is 9.00. The summed E-state index contributed by atoms with van der Waals surface area (Å²) in [6.45, 7) is 6.88. The van der Waals surface area contributed by atoms with Gasteiger partial charge in [-0.3, -0.25) is 4.79 Å². The van der Waals surface area contributed by atoms with Gasteiger partial charge in [0.25, 0.3) is 0 Å². The summed E-state index contributed by atoms with van der Waals surface area (Å²) in [6.07, 6.45) is 0.325. The van der Waals surface area contributed by atoms with E-state index in [1.165, 1.54) is 5.56 Å². The molecule has 0 aliphatic heterocycles. The second kappa shape index (κ2) is 13.1. The molecule has 3 amide bonds. The number of nitrogens with one attached hydrogen (secondary N) is 3. The van der Waals surface area contributed by atoms with Crippen molar-refractivity contribution in [2.45, 2.75) is 51.2 Å². The van der Waals surface area contributed by atoms with Gasteiger partial charge in [0.15, 0.2) is 0 Å². The van der Waals surface area contributed by atoms with E-state index < -0.39 is 12.1 Å². The minimum absolute atomic E-state index is 0.00839. The molecular formula is C34H38N4O2. The van der Waals surface area contributed by atoms with E-state index in [4.69, 9.17) is 5.73 Å². The van der Waals surface area contributed by atoms with E-state index in [9.17, 15) is 9.59 Å². The van der Waals surface area contributed by atoms with Gasteiger partial charge in [-0.05, 0) is 45.4 Å². The number of rotatable bonds is 9. The number of anilines is 1. The molecule has 0 aliphatic rings. The molecule has 1 atom stereocenters. The van der Waals surface area contributed by atoms with Crippen LogP contribution in [0.4, 0.5) is 10.5 Å². The van der Waals surface area contributed by atoms with Crippen LogP contribution in [0.15, 0.2) is 109 Å². The van der Waals surface area contributed by atoms with Gasteiger partial charge in [0.05, 0.1) is 6.04 Å². The zero-order valence-electron chi connectivity index (χ0n) is 23.4. The van der Waals surface area contributed by atoms with Crippen molar-refractivity contribution < 1.29 is 9.59 Å². The lowest BCUT2D eigenvalue weighted by Gasteiger charge is -2.24. The molecule has 40 heavy (non-hydrogen) atoms. The average Bonchev–Trinajstić information content (AvgIpc) is 2.96. The minimum Gasteiger partial charge on any atom is -0.327 e. The second-order valence-corrected chi connectivity index (χ2v) is 11.0. The Morgan fingerprint density at radius 2 is 1.23 bits per heavy atom. The van der Waals surface area contributed by atoms with Crippen LogP contribution in [0.25, 0.3) is 0 Å². The van der Waals surface area contributed by atoms with Gasteiger partial charge in [0, 0.05) is 18.7 Å². The smallest absolute Gasteiger partial charge is 0.316 e. The van der Waals surface area contributed by atoms with Gasteiger partial charge in [-0.2, -0.15) is 0 Å². The number of carbonyl (C=O) groups excluding carboxylic acids is 2. The van der Waals surface area contributed by atoms with Crippen molar-refractivity contribution in [1.82, 2.24) is 10.6 Å². The van der Waals surface area contributed by atoms with Crippen LogP contribution in [0.2, 0.25) is 0 Å². The van der Waals surface area contributed by atoms with Gasteiger partial charge >= 0.3 is 6.03 Å². The number of hydrogen-bond donors (Lipinski definition) is 4. The quantitative estimate of drug-likeness (QED) is 0.209. The molecule has 0 saturated carbocycles. The monoisotopic (exact) mass is 534 g/mol. The highest BCUT2D eigenvalue weighted by molar-refractivity contribution is 5.97. The van der Waals surface area contributed by atoms with Crippen LogP contribution in [0.5, 0.6) is 0 Å². The summed E-state index contributed by atoms with van der Waals surface area (Å²) in [5.74, 6) is -0.294. The van der Waals surface area contributed by atoms with Crippen LogP contribution in [0, 0.1) is 0 Å². The van der Waals surface area contributed by atoms with Crippen LogP contribution < -0.4 is 21.7 Å². The molecule has 1 unspecified atom stereocenters. The van der Waals surface area contributed by atoms with E-state index in [0.717, 1.165) is 22.3 Å². The van der Waals surface area contributed by atoms with Gasteiger partial charge in [-0.15, -0.1) is 0 Å². The van der Waals surface area contributed by atoms with E-state index >= 15 is 0 Å². The van der Waals surface area contributed by atoms with Crippen LogP contribution in [0.1, 0.15) is 54.6 Å². The first-order valence-electron chi connectivity index (χ1n) is 13.6. The molecule has 6 heteroatoms. The number of nitrogens with two attached hydrogens (primary N) is 1. The third-order valence-corrected chi connectivity index (χ3v) is 6.88. The first-order valence-corrected chi connectivity index (χ1v) is 13.6. The molecule has 5 N–H and O–H groups in total. The lowest BCUT2D eigenvalue weighted by Crippen LogP contribution is -2.50. The number of hydrogen-bond acceptors (Lipinski definition) is 3. The maximum absolute atomic E-state index is 13.5. The molecule has 0 heterocycles. The largest absolute Gasteiger partial charge is 0.327 e. The summed E-state index contributed by atoms with van der Waals surface area (Å²) in [6, 6.07) is 33.5. The number of benzene rings is 4. The summed E-state index contributed by atoms with van der Waals surface area (Å²) in [5.41, 5.74) is 11.4. The van der Waals surface area contributed by atoms with Crippen molar-refractivity contribution in [2.75, 3.05) is 5.32 Å². The lowest BCUT2D eigenvalue weighted by atomic mass is 9.87. The fourth-order valence-corrected chi connectivity index (χ4v) is 4.52. The molecule has 206 valence electrons. The van der Waals surface area contributed by atoms with Gasteiger partial charge in [-0.1, -0.05) is 118 Å². The molecule has 0 fully saturated rings. The predicted molar refractivity (Wildman–Crippen MR) is 162 cm³/mol. The van der Waals surface area contributed by atoms with Crippen LogP contribution >= 0.6 is 0 Å². The summed E-state index contributed by atoms with van der Waals surface area (Å²) in [7, 11) is 0. The molecule has 4 aromatic rings. The van der Waals surface area contributed by atoms with E-state index in [1.54, 1.807) is 0 Å². The van der Waals surface area contributed by atoms with Gasteiger partial charge in [0.1, 0.15) is 6.04 Å². The highest BCUT2D eigenvalue weighted by atomic mass is 16.2. The highest BCUT2D eigenvalue weighted by Crippen LogP contribution is 2.24. The van der Waals surface area contributed by atoms with Crippen LogP contribution in [-0.4, -0.2) is 18.0 Å². The van der Waals surface area contributed by atoms with Crippen molar-refractivity contribution >= 4 is 17.6 Å². The summed E-state index contributed by atoms with van der Waals surface area (Å²) in [4.78, 5) is 26.9. The number of amides is 3. The third kappa shape index (κ3) is 7.80. The zero-order valence-corrected chi connectivity index (χ0v) is 23.4. The van der Waals surface area contributed by atoms with E-state index in [2.05, 4.69) is 36.7 Å². The van der Waals surface area contributed by atoms with E-state index in [0.29, 0.717) is 18.7 Å². The predicted octanol–water partition coefficient (Wildman–Crippen LogP) is 6.08. The van der Waals surface area contributed by atoms with Crippen molar-refractivity contribution in [1.29, 1.82) is 0 Å². The lowest BCUT2D eigenvalue weighted by molar-refractivity contribution is -0.117. The molecule has 0 aliphatic carbocycles. The minimum atomic E-state index is -0.807. The molecule has 0 aromatic heterocycles. The van der Waals surface area contributed by atoms with Crippen LogP contribution in [-0.2, 0) is 23.2 Å². The molecule has 4 aromatic carbocycles. The van der Waals surface area contributed by atoms with Crippen molar-refractivity contribution in [3.63, 3.8) is 0 Å². The fraction of sp³-hybridized carbons (Fsp3) is 0.235. The van der Waals surface area contributed by atoms with Gasteiger partial charge < -0.3 is 21.7 Å². The van der Waals surface area contributed by atoms with Crippen molar-refractivity contribution in [3.05, 3.63) is 137 Å². The van der Waals surface area contributed by atoms with Crippen molar-refractivity contribution in [2.24, 2.45) is 5.73 Å². The molecule has 6 nitrogen and oxygen atoms in total. The Morgan fingerprint density at radius 3 is 1.73 bits per heavy atom. The topological polar surface area (TPSA) is 96.2 Å². The first-order chi connectivity index (χ1) is 19.2. The highest BCUT2D eigenvalue weighted by Gasteiger charge is 2.24. The molecule has 0 radical (unpaired) electrons. The normalized spacial score (nSPS) is 12.0. The first kappa shape index (κ1) is 28.6. The Balaban J connectivity index is 1.54. The van der Waals surface area contributed by atoms with E-state index in [1.807, 2.05) is 109 Å². The Morgan fingerprint density at radius 1 is 0.700 bits per heavy atom. The van der Waals surface area contributed by atoms with Crippen LogP contribution in [0.3, 0.4) is 0 Å². The molecule has 0 spiro atoms. The summed E-state index contributed by atoms with van der Waals surface area (Å²) >= 11 is 0. The Labute approximate surface area is 237 Å². The standard InChI is InChI=1S/C34H38N4O2/c1-34(2,3)28-18-20-29(21-19-28)36-32(39)30(22-24-14-16-25(23-35)17-15-24)37-33(40)38-31(26-10-6-4-7-11-26)27-12-8-5-9-13-27/h4-21,30-31H,22-23,35H2,1-3H3,(H,36,39)(H2,37,38,40). The summed E-state index contributed by atoms with van der Waals surface area (Å²) < 4.78 is 0. The number of urea groups is 1. The Hall–Kier alpha value is -4.42. The van der Waals surface area contributed by atoms with Gasteiger partial charge in [-0.25, -0.2) is 4.79 Å². The third-order valence-electron chi connectivity index (χ3n) is 6.88. The SMILES string of the molecule is CC(C)(C)c1ccc(NC(=O)C(Cc2ccc(CN)cc2)NC(=O)NC(c2ccccc2)c2ccccc2)cc1.